The summed E-state index contributed by atoms with van der Waals surface area (Å²) in [5.74, 6) is 0. The second-order valence-electron chi connectivity index (χ2n) is 3.62. The maximum absolute atomic E-state index is 5.34. The van der Waals surface area contributed by atoms with Gasteiger partial charge in [0.25, 0.3) is 0 Å². The molecule has 0 aliphatic rings. The fourth-order valence-corrected chi connectivity index (χ4v) is 2.20. The molecule has 4 heteroatoms. The molecule has 3 rings (SSSR count). The molecule has 0 atom stereocenters. The van der Waals surface area contributed by atoms with Crippen LogP contribution in [0.15, 0.2) is 54.6 Å². The van der Waals surface area contributed by atoms with Crippen LogP contribution in [0.2, 0.25) is 0 Å². The Balaban J connectivity index is 0.00000108. The summed E-state index contributed by atoms with van der Waals surface area (Å²) >= 11 is 5.34. The number of aromatic nitrogens is 2. The van der Waals surface area contributed by atoms with Gasteiger partial charge in [-0.05, 0) is 36.5 Å². The molecule has 0 radical (unpaired) electrons. The van der Waals surface area contributed by atoms with Gasteiger partial charge in [0.1, 0.15) is 0 Å². The summed E-state index contributed by atoms with van der Waals surface area (Å²) in [7, 11) is 0. The van der Waals surface area contributed by atoms with Crippen molar-refractivity contribution >= 4 is 36.7 Å². The SMILES string of the molecule is S=c1[nH]c2ccccc2n1-c1ccccc1.[SH-]. The first-order chi connectivity index (χ1) is 7.86. The molecule has 0 fully saturated rings. The van der Waals surface area contributed by atoms with Crippen molar-refractivity contribution in [2.24, 2.45) is 0 Å². The number of hydrogen-bond acceptors (Lipinski definition) is 2. The number of fused-ring (bicyclic) bond motifs is 1. The number of imidazole rings is 1. The summed E-state index contributed by atoms with van der Waals surface area (Å²) in [6.07, 6.45) is 0. The minimum Gasteiger partial charge on any atom is -0.813 e. The number of para-hydroxylation sites is 3. The van der Waals surface area contributed by atoms with E-state index >= 15 is 0 Å². The van der Waals surface area contributed by atoms with Crippen molar-refractivity contribution in [2.75, 3.05) is 0 Å². The number of benzene rings is 2. The van der Waals surface area contributed by atoms with Crippen LogP contribution >= 0.6 is 12.2 Å². The van der Waals surface area contributed by atoms with Crippen molar-refractivity contribution in [3.05, 3.63) is 59.4 Å². The van der Waals surface area contributed by atoms with Crippen molar-refractivity contribution in [1.29, 1.82) is 0 Å². The Kier molecular flexibility index (Phi) is 3.36. The van der Waals surface area contributed by atoms with Crippen LogP contribution in [-0.4, -0.2) is 9.55 Å². The first-order valence-electron chi connectivity index (χ1n) is 5.11. The van der Waals surface area contributed by atoms with Crippen LogP contribution in [0.1, 0.15) is 0 Å². The molecule has 17 heavy (non-hydrogen) atoms. The Morgan fingerprint density at radius 3 is 2.29 bits per heavy atom. The minimum atomic E-state index is 0. The van der Waals surface area contributed by atoms with E-state index in [0.29, 0.717) is 0 Å². The molecule has 2 nitrogen and oxygen atoms in total. The highest BCUT2D eigenvalue weighted by molar-refractivity contribution is 7.71. The summed E-state index contributed by atoms with van der Waals surface area (Å²) in [4.78, 5) is 3.20. The van der Waals surface area contributed by atoms with Gasteiger partial charge in [-0.25, -0.2) is 0 Å². The average Bonchev–Trinajstić information content (AvgIpc) is 2.66. The molecule has 0 aliphatic carbocycles. The van der Waals surface area contributed by atoms with Crippen LogP contribution in [0.25, 0.3) is 16.7 Å². The van der Waals surface area contributed by atoms with Crippen molar-refractivity contribution in [2.45, 2.75) is 0 Å². The fourth-order valence-electron chi connectivity index (χ4n) is 1.89. The monoisotopic (exact) mass is 259 g/mol. The van der Waals surface area contributed by atoms with E-state index in [9.17, 15) is 0 Å². The highest BCUT2D eigenvalue weighted by atomic mass is 32.1. The summed E-state index contributed by atoms with van der Waals surface area (Å²) in [5.41, 5.74) is 3.26. The van der Waals surface area contributed by atoms with Gasteiger partial charge in [0.05, 0.1) is 11.0 Å². The number of hydrogen-bond donors (Lipinski definition) is 1. The predicted molar refractivity (Wildman–Crippen MR) is 77.2 cm³/mol. The molecule has 1 N–H and O–H groups in total. The first kappa shape index (κ1) is 12.0. The highest BCUT2D eigenvalue weighted by Crippen LogP contribution is 2.18. The number of nitrogens with one attached hydrogen (secondary N) is 1. The lowest BCUT2D eigenvalue weighted by Gasteiger charge is -2.03. The third-order valence-electron chi connectivity index (χ3n) is 2.60. The number of nitrogens with zero attached hydrogens (tertiary/aromatic N) is 1. The summed E-state index contributed by atoms with van der Waals surface area (Å²) in [6.45, 7) is 0. The predicted octanol–water partition coefficient (Wildman–Crippen LogP) is 3.42. The van der Waals surface area contributed by atoms with E-state index in [2.05, 4.69) is 23.2 Å². The normalized spacial score (nSPS) is 10.1. The molecule has 86 valence electrons. The Hall–Kier alpha value is -1.52. The van der Waals surface area contributed by atoms with Gasteiger partial charge in [0.2, 0.25) is 0 Å². The molecule has 0 spiro atoms. The standard InChI is InChI=1S/C13H10N2S.H2S/c16-13-14-11-8-4-5-9-12(11)15(13)10-6-2-1-3-7-10;/h1-9H,(H,14,16);1H2/p-1. The van der Waals surface area contributed by atoms with Gasteiger partial charge in [-0.3, -0.25) is 4.57 Å². The van der Waals surface area contributed by atoms with Crippen molar-refractivity contribution in [1.82, 2.24) is 9.55 Å². The van der Waals surface area contributed by atoms with Gasteiger partial charge in [-0.2, -0.15) is 0 Å². The largest absolute Gasteiger partial charge is 0.813 e. The molecule has 0 bridgehead atoms. The van der Waals surface area contributed by atoms with Crippen LogP contribution in [0.3, 0.4) is 0 Å². The molecule has 2 aromatic carbocycles. The maximum atomic E-state index is 5.34. The summed E-state index contributed by atoms with van der Waals surface area (Å²) in [6, 6.07) is 18.2. The number of rotatable bonds is 1. The number of thiol groups is 1. The van der Waals surface area contributed by atoms with E-state index in [1.165, 1.54) is 0 Å². The van der Waals surface area contributed by atoms with Gasteiger partial charge in [-0.15, -0.1) is 0 Å². The fraction of sp³-hybridized carbons (Fsp3) is 0. The second kappa shape index (κ2) is 4.77. The quantitative estimate of drug-likeness (QED) is 0.410. The Morgan fingerprint density at radius 1 is 0.882 bits per heavy atom. The molecule has 1 aromatic heterocycles. The van der Waals surface area contributed by atoms with Crippen molar-refractivity contribution in [3.63, 3.8) is 0 Å². The molecule has 0 saturated carbocycles. The van der Waals surface area contributed by atoms with Crippen LogP contribution in [-0.2, 0) is 13.5 Å². The topological polar surface area (TPSA) is 20.7 Å². The molecular formula is C13H11N2S2-. The van der Waals surface area contributed by atoms with Crippen molar-refractivity contribution < 1.29 is 0 Å². The van der Waals surface area contributed by atoms with E-state index in [-0.39, 0.29) is 13.5 Å². The van der Waals surface area contributed by atoms with Gasteiger partial charge >= 0.3 is 0 Å². The average molecular weight is 259 g/mol. The lowest BCUT2D eigenvalue weighted by molar-refractivity contribution is 1.06. The van der Waals surface area contributed by atoms with Crippen LogP contribution < -0.4 is 0 Å². The lowest BCUT2D eigenvalue weighted by atomic mass is 10.3. The number of H-pyrrole nitrogens is 1. The third-order valence-corrected chi connectivity index (χ3v) is 2.89. The Morgan fingerprint density at radius 2 is 1.53 bits per heavy atom. The van der Waals surface area contributed by atoms with E-state index in [1.54, 1.807) is 0 Å². The molecule has 1 heterocycles. The van der Waals surface area contributed by atoms with Gasteiger partial charge in [-0.1, -0.05) is 30.3 Å². The van der Waals surface area contributed by atoms with E-state index in [0.717, 1.165) is 21.5 Å². The lowest BCUT2D eigenvalue weighted by Crippen LogP contribution is -1.92. The van der Waals surface area contributed by atoms with E-state index < -0.39 is 0 Å². The van der Waals surface area contributed by atoms with Gasteiger partial charge in [0.15, 0.2) is 4.77 Å². The molecule has 0 aliphatic heterocycles. The van der Waals surface area contributed by atoms with E-state index in [1.807, 2.05) is 41.0 Å². The second-order valence-corrected chi connectivity index (χ2v) is 4.00. The van der Waals surface area contributed by atoms with Gasteiger partial charge < -0.3 is 18.5 Å². The Labute approximate surface area is 111 Å². The van der Waals surface area contributed by atoms with Gasteiger partial charge in [0, 0.05) is 5.69 Å². The zero-order valence-electron chi connectivity index (χ0n) is 9.00. The number of aromatic amines is 1. The Bertz CT molecular complexity index is 683. The highest BCUT2D eigenvalue weighted by Gasteiger charge is 2.04. The molecular weight excluding hydrogens is 248 g/mol. The zero-order chi connectivity index (χ0) is 11.0. The molecule has 0 amide bonds. The molecule has 0 saturated heterocycles. The summed E-state index contributed by atoms with van der Waals surface area (Å²) in [5, 5.41) is 0. The molecule has 3 aromatic rings. The van der Waals surface area contributed by atoms with Crippen LogP contribution in [0, 0.1) is 4.77 Å². The van der Waals surface area contributed by atoms with Crippen LogP contribution in [0.5, 0.6) is 0 Å². The zero-order valence-corrected chi connectivity index (χ0v) is 10.7. The van der Waals surface area contributed by atoms with E-state index in [4.69, 9.17) is 12.2 Å². The smallest absolute Gasteiger partial charge is 0.182 e. The first-order valence-corrected chi connectivity index (χ1v) is 5.52. The third kappa shape index (κ3) is 2.01. The summed E-state index contributed by atoms with van der Waals surface area (Å²) < 4.78 is 2.78. The van der Waals surface area contributed by atoms with Crippen molar-refractivity contribution in [3.8, 4) is 5.69 Å². The maximum Gasteiger partial charge on any atom is 0.182 e. The van der Waals surface area contributed by atoms with Crippen LogP contribution in [0.4, 0.5) is 0 Å². The minimum absolute atomic E-state index is 0. The molecule has 0 unspecified atom stereocenters.